The van der Waals surface area contributed by atoms with E-state index in [0.717, 1.165) is 11.1 Å². The Balaban J connectivity index is 1.60. The summed E-state index contributed by atoms with van der Waals surface area (Å²) in [6.07, 6.45) is 0.795. The fraction of sp³-hybridized carbons (Fsp3) is 0.242. The van der Waals surface area contributed by atoms with E-state index >= 15 is 0 Å². The van der Waals surface area contributed by atoms with E-state index in [9.17, 15) is 20.1 Å². The Morgan fingerprint density at radius 1 is 0.881 bits per heavy atom. The number of rotatable bonds is 8. The molecule has 0 radical (unpaired) electrons. The highest BCUT2D eigenvalue weighted by Gasteiger charge is 2.40. The van der Waals surface area contributed by atoms with Gasteiger partial charge in [0, 0.05) is 18.2 Å². The molecule has 0 spiro atoms. The van der Waals surface area contributed by atoms with E-state index in [4.69, 9.17) is 9.47 Å². The molecule has 5 rings (SSSR count). The third kappa shape index (κ3) is 4.97. The van der Waals surface area contributed by atoms with Gasteiger partial charge in [-0.3, -0.25) is 4.57 Å². The molecule has 9 nitrogen and oxygen atoms in total. The zero-order valence-electron chi connectivity index (χ0n) is 23.7. The Morgan fingerprint density at radius 3 is 2.00 bits per heavy atom. The van der Waals surface area contributed by atoms with E-state index in [-0.39, 0.29) is 42.4 Å². The molecule has 0 unspecified atom stereocenters. The van der Waals surface area contributed by atoms with Crippen molar-refractivity contribution in [3.8, 4) is 12.1 Å². The monoisotopic (exact) mass is 559 g/mol. The van der Waals surface area contributed by atoms with Crippen molar-refractivity contribution in [1.29, 1.82) is 10.5 Å². The van der Waals surface area contributed by atoms with Crippen LogP contribution < -0.4 is 0 Å². The average molecular weight is 560 g/mol. The highest BCUT2D eigenvalue weighted by atomic mass is 16.5. The topological polar surface area (TPSA) is 121 Å². The standard InChI is InChI=1S/C33H29N5O4/c1-4-23-25(16-34)36-30(29(23)33(40)42-20-22-14-10-7-11-15-22)31-37(3)18-27-28(24(5-2)26(17-35)38(27)31)32(39)41-19-21-12-8-6-9-13-21/h6-15H,4-5,18-20H2,1-3H3. The van der Waals surface area contributed by atoms with Crippen molar-refractivity contribution >= 4 is 23.5 Å². The Bertz CT molecular complexity index is 1730. The minimum atomic E-state index is -0.613. The summed E-state index contributed by atoms with van der Waals surface area (Å²) in [6.45, 7) is 4.13. The molecule has 0 N–H and O–H groups in total. The summed E-state index contributed by atoms with van der Waals surface area (Å²) >= 11 is 0. The van der Waals surface area contributed by atoms with Crippen LogP contribution in [0.5, 0.6) is 0 Å². The van der Waals surface area contributed by atoms with Gasteiger partial charge in [-0.2, -0.15) is 10.5 Å². The second-order valence-electron chi connectivity index (χ2n) is 9.88. The van der Waals surface area contributed by atoms with E-state index in [1.54, 1.807) is 11.6 Å². The number of ether oxygens (including phenoxy) is 2. The number of nitrogens with zero attached hydrogens (tertiary/aromatic N) is 5. The number of fused-ring (bicyclic) bond motifs is 1. The molecule has 0 atom stereocenters. The first-order valence-corrected chi connectivity index (χ1v) is 13.7. The van der Waals surface area contributed by atoms with E-state index in [2.05, 4.69) is 17.1 Å². The molecule has 210 valence electrons. The van der Waals surface area contributed by atoms with Gasteiger partial charge in [0.1, 0.15) is 48.3 Å². The first-order chi connectivity index (χ1) is 20.4. The van der Waals surface area contributed by atoms with E-state index in [1.165, 1.54) is 0 Å². The van der Waals surface area contributed by atoms with Crippen LogP contribution in [0.15, 0.2) is 82.5 Å². The number of benzene rings is 2. The lowest BCUT2D eigenvalue weighted by atomic mass is 10.0. The van der Waals surface area contributed by atoms with Crippen LogP contribution in [-0.2, 0) is 40.4 Å². The Hall–Kier alpha value is -5.41. The molecule has 0 amide bonds. The number of hydrogen-bond donors (Lipinski definition) is 0. The molecule has 9 heteroatoms. The third-order valence-electron chi connectivity index (χ3n) is 7.34. The maximum atomic E-state index is 13.6. The van der Waals surface area contributed by atoms with Crippen molar-refractivity contribution in [2.75, 3.05) is 7.05 Å². The minimum Gasteiger partial charge on any atom is -0.457 e. The van der Waals surface area contributed by atoms with Crippen LogP contribution >= 0.6 is 0 Å². The minimum absolute atomic E-state index is 0.0517. The largest absolute Gasteiger partial charge is 0.457 e. The van der Waals surface area contributed by atoms with Gasteiger partial charge in [-0.05, 0) is 24.0 Å². The molecule has 0 aliphatic carbocycles. The van der Waals surface area contributed by atoms with Gasteiger partial charge in [0.25, 0.3) is 0 Å². The molecule has 2 aliphatic heterocycles. The summed E-state index contributed by atoms with van der Waals surface area (Å²) in [4.78, 5) is 33.5. The van der Waals surface area contributed by atoms with Gasteiger partial charge in [-0.15, -0.1) is 0 Å². The van der Waals surface area contributed by atoms with E-state index in [0.29, 0.717) is 41.1 Å². The van der Waals surface area contributed by atoms with Gasteiger partial charge in [0.15, 0.2) is 0 Å². The fourth-order valence-corrected chi connectivity index (χ4v) is 5.42. The zero-order chi connectivity index (χ0) is 29.8. The van der Waals surface area contributed by atoms with Gasteiger partial charge in [0.2, 0.25) is 0 Å². The highest BCUT2D eigenvalue weighted by Crippen LogP contribution is 2.41. The third-order valence-corrected chi connectivity index (χ3v) is 7.34. The van der Waals surface area contributed by atoms with Crippen LogP contribution in [-0.4, -0.2) is 34.2 Å². The maximum Gasteiger partial charge on any atom is 0.341 e. The molecule has 1 aromatic heterocycles. The lowest BCUT2D eigenvalue weighted by Gasteiger charge is -2.18. The van der Waals surface area contributed by atoms with Crippen molar-refractivity contribution < 1.29 is 19.1 Å². The fourth-order valence-electron chi connectivity index (χ4n) is 5.42. The number of aliphatic imine (C=N–C) groups is 1. The molecular weight excluding hydrogens is 530 g/mol. The number of nitriles is 2. The van der Waals surface area contributed by atoms with Crippen molar-refractivity contribution in [2.45, 2.75) is 46.4 Å². The van der Waals surface area contributed by atoms with Crippen LogP contribution in [0.1, 0.15) is 58.7 Å². The van der Waals surface area contributed by atoms with E-state index in [1.807, 2.05) is 79.4 Å². The number of carbonyl (C=O) groups excluding carboxylic acids is 2. The molecule has 0 bridgehead atoms. The van der Waals surface area contributed by atoms with Crippen LogP contribution in [0, 0.1) is 22.7 Å². The summed E-state index contributed by atoms with van der Waals surface area (Å²) in [7, 11) is 1.79. The van der Waals surface area contributed by atoms with Crippen LogP contribution in [0.4, 0.5) is 0 Å². The molecule has 0 saturated carbocycles. The van der Waals surface area contributed by atoms with Gasteiger partial charge in [0.05, 0.1) is 23.4 Å². The summed E-state index contributed by atoms with van der Waals surface area (Å²) in [5.74, 6) is -0.709. The molecule has 3 aromatic rings. The van der Waals surface area contributed by atoms with Gasteiger partial charge in [-0.1, -0.05) is 74.5 Å². The summed E-state index contributed by atoms with van der Waals surface area (Å²) < 4.78 is 13.1. The number of allylic oxidation sites excluding steroid dienone is 1. The van der Waals surface area contributed by atoms with Crippen LogP contribution in [0.2, 0.25) is 0 Å². The quantitative estimate of drug-likeness (QED) is 0.344. The van der Waals surface area contributed by atoms with E-state index < -0.39 is 11.9 Å². The summed E-state index contributed by atoms with van der Waals surface area (Å²) in [5.41, 5.74) is 4.42. The highest BCUT2D eigenvalue weighted by molar-refractivity contribution is 6.20. The van der Waals surface area contributed by atoms with Crippen molar-refractivity contribution in [2.24, 2.45) is 4.99 Å². The van der Waals surface area contributed by atoms with Gasteiger partial charge in [-0.25, -0.2) is 14.6 Å². The maximum absolute atomic E-state index is 13.6. The van der Waals surface area contributed by atoms with Gasteiger partial charge < -0.3 is 14.4 Å². The molecule has 42 heavy (non-hydrogen) atoms. The molecule has 0 saturated heterocycles. The lowest BCUT2D eigenvalue weighted by Crippen LogP contribution is -2.18. The number of hydrogen-bond acceptors (Lipinski definition) is 8. The molecule has 3 heterocycles. The predicted molar refractivity (Wildman–Crippen MR) is 155 cm³/mol. The van der Waals surface area contributed by atoms with Crippen LogP contribution in [0.3, 0.4) is 0 Å². The second-order valence-corrected chi connectivity index (χ2v) is 9.88. The second kappa shape index (κ2) is 12.0. The normalized spacial score (nSPS) is 15.6. The van der Waals surface area contributed by atoms with Crippen molar-refractivity contribution in [3.63, 3.8) is 0 Å². The molecule has 0 fully saturated rings. The number of aromatic nitrogens is 1. The first kappa shape index (κ1) is 28.1. The smallest absolute Gasteiger partial charge is 0.341 e. The Morgan fingerprint density at radius 2 is 1.48 bits per heavy atom. The molecule has 2 aliphatic rings. The lowest BCUT2D eigenvalue weighted by molar-refractivity contribution is -0.140. The average Bonchev–Trinajstić information content (AvgIpc) is 3.66. The van der Waals surface area contributed by atoms with Crippen LogP contribution in [0.25, 0.3) is 5.82 Å². The predicted octanol–water partition coefficient (Wildman–Crippen LogP) is 5.28. The summed E-state index contributed by atoms with van der Waals surface area (Å²) in [5, 5.41) is 20.2. The SMILES string of the molecule is CCC1=C(C(=O)OCc2ccccc2)C(=C2N(C)Cc3c(C(=O)OCc4ccccc4)c(CC)c(C#N)n32)N=C1C#N. The molecular formula is C33H29N5O4. The molecule has 2 aromatic carbocycles. The Kier molecular flexibility index (Phi) is 8.03. The van der Waals surface area contributed by atoms with Crippen molar-refractivity contribution in [1.82, 2.24) is 9.47 Å². The summed E-state index contributed by atoms with van der Waals surface area (Å²) in [6, 6.07) is 23.0. The Labute approximate surface area is 244 Å². The van der Waals surface area contributed by atoms with Gasteiger partial charge >= 0.3 is 11.9 Å². The first-order valence-electron chi connectivity index (χ1n) is 13.7. The van der Waals surface area contributed by atoms with Crippen molar-refractivity contribution in [3.05, 3.63) is 111 Å². The number of carbonyl (C=O) groups is 2. The number of esters is 2. The zero-order valence-corrected chi connectivity index (χ0v) is 23.7.